The highest BCUT2D eigenvalue weighted by Gasteiger charge is 2.11. The Morgan fingerprint density at radius 2 is 1.62 bits per heavy atom. The molecule has 0 saturated carbocycles. The molecule has 1 amide bonds. The first-order chi connectivity index (χ1) is 12.8. The largest absolute Gasteiger partial charge is 0.457 e. The molecule has 26 heavy (non-hydrogen) atoms. The van der Waals surface area contributed by atoms with Crippen LogP contribution in [0.1, 0.15) is 10.4 Å². The van der Waals surface area contributed by atoms with E-state index in [1.807, 2.05) is 66.7 Å². The molecule has 0 bridgehead atoms. The topological polar surface area (TPSA) is 51.2 Å². The van der Waals surface area contributed by atoms with Gasteiger partial charge in [-0.05, 0) is 59.3 Å². The summed E-state index contributed by atoms with van der Waals surface area (Å²) in [7, 11) is 0. The van der Waals surface area contributed by atoms with Crippen molar-refractivity contribution in [1.29, 1.82) is 0 Å². The Morgan fingerprint density at radius 1 is 0.808 bits per heavy atom. The van der Waals surface area contributed by atoms with Crippen molar-refractivity contribution >= 4 is 22.4 Å². The van der Waals surface area contributed by atoms with Gasteiger partial charge >= 0.3 is 0 Å². The first kappa shape index (κ1) is 15.8. The van der Waals surface area contributed by atoms with Crippen LogP contribution >= 0.6 is 0 Å². The summed E-state index contributed by atoms with van der Waals surface area (Å²) in [4.78, 5) is 16.6. The van der Waals surface area contributed by atoms with Crippen molar-refractivity contribution in [2.45, 2.75) is 0 Å². The van der Waals surface area contributed by atoms with E-state index in [9.17, 15) is 4.79 Å². The van der Waals surface area contributed by atoms with E-state index in [1.54, 1.807) is 24.5 Å². The minimum absolute atomic E-state index is 0.135. The van der Waals surface area contributed by atoms with Crippen molar-refractivity contribution < 1.29 is 9.53 Å². The fourth-order valence-corrected chi connectivity index (χ4v) is 2.79. The number of rotatable bonds is 4. The maximum absolute atomic E-state index is 12.7. The van der Waals surface area contributed by atoms with Gasteiger partial charge in [0.15, 0.2) is 0 Å². The monoisotopic (exact) mass is 340 g/mol. The number of hydrogen-bond donors (Lipinski definition) is 1. The van der Waals surface area contributed by atoms with E-state index in [4.69, 9.17) is 4.74 Å². The van der Waals surface area contributed by atoms with Gasteiger partial charge in [0.1, 0.15) is 11.5 Å². The molecular weight excluding hydrogens is 324 g/mol. The van der Waals surface area contributed by atoms with E-state index < -0.39 is 0 Å². The maximum Gasteiger partial charge on any atom is 0.256 e. The lowest BCUT2D eigenvalue weighted by atomic mass is 10.0. The Morgan fingerprint density at radius 3 is 2.42 bits per heavy atom. The van der Waals surface area contributed by atoms with Crippen molar-refractivity contribution in [2.75, 3.05) is 5.32 Å². The molecule has 4 aromatic rings. The van der Waals surface area contributed by atoms with E-state index in [1.165, 1.54) is 0 Å². The van der Waals surface area contributed by atoms with Crippen molar-refractivity contribution in [3.8, 4) is 11.5 Å². The first-order valence-corrected chi connectivity index (χ1v) is 8.27. The summed E-state index contributed by atoms with van der Waals surface area (Å²) >= 11 is 0. The quantitative estimate of drug-likeness (QED) is 0.550. The van der Waals surface area contributed by atoms with Crippen LogP contribution in [-0.2, 0) is 0 Å². The zero-order chi connectivity index (χ0) is 17.8. The molecule has 3 aromatic carbocycles. The molecule has 126 valence electrons. The molecular formula is C22H16N2O2. The summed E-state index contributed by atoms with van der Waals surface area (Å²) in [5, 5.41) is 4.75. The van der Waals surface area contributed by atoms with Crippen LogP contribution in [0.25, 0.3) is 10.8 Å². The number of pyridine rings is 1. The number of ether oxygens (including phenoxy) is 1. The summed E-state index contributed by atoms with van der Waals surface area (Å²) in [5.41, 5.74) is 1.40. The summed E-state index contributed by atoms with van der Waals surface area (Å²) in [6.45, 7) is 0. The summed E-state index contributed by atoms with van der Waals surface area (Å²) < 4.78 is 5.84. The van der Waals surface area contributed by atoms with Gasteiger partial charge in [0.2, 0.25) is 0 Å². The molecule has 4 nitrogen and oxygen atoms in total. The maximum atomic E-state index is 12.7. The normalized spacial score (nSPS) is 10.5. The third-order valence-corrected chi connectivity index (χ3v) is 4.01. The zero-order valence-electron chi connectivity index (χ0n) is 13.9. The molecule has 0 spiro atoms. The van der Waals surface area contributed by atoms with E-state index in [-0.39, 0.29) is 5.91 Å². The van der Waals surface area contributed by atoms with Crippen LogP contribution in [0, 0.1) is 0 Å². The molecule has 1 aromatic heterocycles. The van der Waals surface area contributed by atoms with Gasteiger partial charge < -0.3 is 10.1 Å². The van der Waals surface area contributed by atoms with Crippen LogP contribution in [0.5, 0.6) is 11.5 Å². The van der Waals surface area contributed by atoms with E-state index in [2.05, 4.69) is 10.3 Å². The van der Waals surface area contributed by atoms with Crippen molar-refractivity contribution in [2.24, 2.45) is 0 Å². The molecule has 0 unspecified atom stereocenters. The Balaban J connectivity index is 1.63. The SMILES string of the molecule is O=C(Nc1ccccc1)c1cccc2cc(Oc3ccncc3)ccc12. The molecule has 4 heteroatoms. The molecule has 0 aliphatic heterocycles. The van der Waals surface area contributed by atoms with Gasteiger partial charge in [-0.1, -0.05) is 30.3 Å². The molecule has 0 aliphatic carbocycles. The lowest BCUT2D eigenvalue weighted by Gasteiger charge is -2.10. The van der Waals surface area contributed by atoms with Gasteiger partial charge in [0.05, 0.1) is 0 Å². The average molecular weight is 340 g/mol. The van der Waals surface area contributed by atoms with Gasteiger partial charge in [-0.2, -0.15) is 0 Å². The first-order valence-electron chi connectivity index (χ1n) is 8.27. The molecule has 0 atom stereocenters. The standard InChI is InChI=1S/C22H16N2O2/c25-22(24-17-6-2-1-3-7-17)21-8-4-5-16-15-19(9-10-20(16)21)26-18-11-13-23-14-12-18/h1-15H,(H,24,25). The van der Waals surface area contributed by atoms with Crippen molar-refractivity contribution in [1.82, 2.24) is 4.98 Å². The number of carbonyl (C=O) groups excluding carboxylic acids is 1. The number of aromatic nitrogens is 1. The van der Waals surface area contributed by atoms with Gasteiger partial charge in [-0.25, -0.2) is 0 Å². The zero-order valence-corrected chi connectivity index (χ0v) is 13.9. The lowest BCUT2D eigenvalue weighted by Crippen LogP contribution is -2.12. The predicted molar refractivity (Wildman–Crippen MR) is 103 cm³/mol. The van der Waals surface area contributed by atoms with Gasteiger partial charge in [-0.3, -0.25) is 9.78 Å². The second kappa shape index (κ2) is 7.07. The Hall–Kier alpha value is -3.66. The van der Waals surface area contributed by atoms with Crippen LogP contribution < -0.4 is 10.1 Å². The van der Waals surface area contributed by atoms with Crippen molar-refractivity contribution in [3.63, 3.8) is 0 Å². The molecule has 0 aliphatic rings. The fraction of sp³-hybridized carbons (Fsp3) is 0. The number of benzene rings is 3. The van der Waals surface area contributed by atoms with E-state index >= 15 is 0 Å². The highest BCUT2D eigenvalue weighted by molar-refractivity contribution is 6.13. The number of anilines is 1. The summed E-state index contributed by atoms with van der Waals surface area (Å²) in [5.74, 6) is 1.30. The third-order valence-electron chi connectivity index (χ3n) is 4.01. The van der Waals surface area contributed by atoms with Gasteiger partial charge in [0.25, 0.3) is 5.91 Å². The Bertz CT molecular complexity index is 1050. The number of para-hydroxylation sites is 1. The number of amides is 1. The summed E-state index contributed by atoms with van der Waals surface area (Å²) in [6.07, 6.45) is 3.37. The average Bonchev–Trinajstić information content (AvgIpc) is 2.69. The van der Waals surface area contributed by atoms with Crippen LogP contribution in [0.15, 0.2) is 91.3 Å². The number of hydrogen-bond acceptors (Lipinski definition) is 3. The molecule has 0 radical (unpaired) electrons. The lowest BCUT2D eigenvalue weighted by molar-refractivity contribution is 0.102. The fourth-order valence-electron chi connectivity index (χ4n) is 2.79. The van der Waals surface area contributed by atoms with Crippen LogP contribution in [0.4, 0.5) is 5.69 Å². The second-order valence-corrected chi connectivity index (χ2v) is 5.79. The molecule has 0 fully saturated rings. The second-order valence-electron chi connectivity index (χ2n) is 5.79. The highest BCUT2D eigenvalue weighted by atomic mass is 16.5. The number of fused-ring (bicyclic) bond motifs is 1. The van der Waals surface area contributed by atoms with E-state index in [0.717, 1.165) is 22.2 Å². The predicted octanol–water partition coefficient (Wildman–Crippen LogP) is 5.28. The molecule has 4 rings (SSSR count). The minimum Gasteiger partial charge on any atom is -0.457 e. The smallest absolute Gasteiger partial charge is 0.256 e. The van der Waals surface area contributed by atoms with Crippen molar-refractivity contribution in [3.05, 3.63) is 96.8 Å². The van der Waals surface area contributed by atoms with Crippen LogP contribution in [-0.4, -0.2) is 10.9 Å². The third kappa shape index (κ3) is 3.39. The summed E-state index contributed by atoms with van der Waals surface area (Å²) in [6, 6.07) is 24.4. The van der Waals surface area contributed by atoms with E-state index in [0.29, 0.717) is 11.3 Å². The van der Waals surface area contributed by atoms with Crippen LogP contribution in [0.3, 0.4) is 0 Å². The minimum atomic E-state index is -0.135. The Labute approximate surface area is 151 Å². The number of nitrogens with zero attached hydrogens (tertiary/aromatic N) is 1. The van der Waals surface area contributed by atoms with Gasteiger partial charge in [-0.15, -0.1) is 0 Å². The molecule has 1 N–H and O–H groups in total. The van der Waals surface area contributed by atoms with Gasteiger partial charge in [0, 0.05) is 23.6 Å². The molecule has 1 heterocycles. The van der Waals surface area contributed by atoms with Crippen LogP contribution in [0.2, 0.25) is 0 Å². The number of carbonyl (C=O) groups is 1. The Kier molecular flexibility index (Phi) is 4.31. The molecule has 0 saturated heterocycles. The highest BCUT2D eigenvalue weighted by Crippen LogP contribution is 2.27. The number of nitrogens with one attached hydrogen (secondary N) is 1.